The molecule has 3 N–H and O–H groups in total. The summed E-state index contributed by atoms with van der Waals surface area (Å²) < 4.78 is 0. The smallest absolute Gasteiger partial charge is 0.324 e. The van der Waals surface area contributed by atoms with E-state index in [0.717, 1.165) is 28.1 Å². The van der Waals surface area contributed by atoms with Crippen molar-refractivity contribution in [3.8, 4) is 11.3 Å². The molecule has 158 valence electrons. The minimum Gasteiger partial charge on any atom is -0.324 e. The minimum absolute atomic E-state index is 0.442. The Morgan fingerprint density at radius 3 is 2.62 bits per heavy atom. The highest BCUT2D eigenvalue weighted by Crippen LogP contribution is 2.24. The topological polar surface area (TPSA) is 117 Å². The van der Waals surface area contributed by atoms with Crippen LogP contribution in [0, 0.1) is 6.92 Å². The summed E-state index contributed by atoms with van der Waals surface area (Å²) >= 11 is 0. The van der Waals surface area contributed by atoms with Crippen LogP contribution in [0.2, 0.25) is 0 Å². The number of urea groups is 1. The van der Waals surface area contributed by atoms with Crippen LogP contribution in [-0.2, 0) is 0 Å². The number of hydrogen-bond donors (Lipinski definition) is 3. The Hall–Kier alpha value is -4.66. The van der Waals surface area contributed by atoms with Gasteiger partial charge in [0.1, 0.15) is 0 Å². The number of nitrogens with zero attached hydrogens (tertiary/aromatic N) is 5. The molecule has 0 spiro atoms. The Balaban J connectivity index is 1.43. The molecule has 0 saturated heterocycles. The summed E-state index contributed by atoms with van der Waals surface area (Å²) in [6, 6.07) is 14.3. The number of carbonyl (C=O) groups is 1. The van der Waals surface area contributed by atoms with E-state index in [9.17, 15) is 4.79 Å². The molecule has 2 amide bonds. The molecule has 0 radical (unpaired) electrons. The molecule has 0 unspecified atom stereocenters. The van der Waals surface area contributed by atoms with Gasteiger partial charge in [-0.3, -0.25) is 9.97 Å². The number of aromatic nitrogens is 4. The van der Waals surface area contributed by atoms with Crippen molar-refractivity contribution in [1.82, 2.24) is 25.4 Å². The fourth-order valence-corrected chi connectivity index (χ4v) is 2.83. The average Bonchev–Trinajstić information content (AvgIpc) is 2.83. The van der Waals surface area contributed by atoms with Crippen LogP contribution >= 0.6 is 0 Å². The Bertz CT molecular complexity index is 1230. The predicted molar refractivity (Wildman–Crippen MR) is 124 cm³/mol. The largest absolute Gasteiger partial charge is 0.339 e. The van der Waals surface area contributed by atoms with Gasteiger partial charge in [-0.15, -0.1) is 0 Å². The van der Waals surface area contributed by atoms with Crippen LogP contribution in [-0.4, -0.2) is 32.2 Å². The lowest BCUT2D eigenvalue weighted by Crippen LogP contribution is -2.24. The maximum Gasteiger partial charge on any atom is 0.339 e. The highest BCUT2D eigenvalue weighted by atomic mass is 16.2. The van der Waals surface area contributed by atoms with E-state index < -0.39 is 6.03 Å². The SMILES string of the molecule is Cc1ccc(NC(=O)N/N=C/c2cccnc2)cc1Nc1nccc(-c2cccnc2)n1. The number of rotatable bonds is 6. The average molecular weight is 424 g/mol. The summed E-state index contributed by atoms with van der Waals surface area (Å²) in [4.78, 5) is 29.1. The third-order valence-corrected chi connectivity index (χ3v) is 4.42. The Kier molecular flexibility index (Phi) is 6.37. The Morgan fingerprint density at radius 2 is 1.84 bits per heavy atom. The van der Waals surface area contributed by atoms with Crippen molar-refractivity contribution in [2.45, 2.75) is 6.92 Å². The Labute approximate surface area is 184 Å². The molecule has 0 aliphatic rings. The van der Waals surface area contributed by atoms with Gasteiger partial charge in [0.25, 0.3) is 0 Å². The predicted octanol–water partition coefficient (Wildman–Crippen LogP) is 4.14. The molecule has 0 bridgehead atoms. The molecule has 9 nitrogen and oxygen atoms in total. The summed E-state index contributed by atoms with van der Waals surface area (Å²) in [5.74, 6) is 0.442. The molecular weight excluding hydrogens is 404 g/mol. The normalized spacial score (nSPS) is 10.7. The first kappa shape index (κ1) is 20.6. The number of hydrazone groups is 1. The molecule has 0 aliphatic carbocycles. The van der Waals surface area contributed by atoms with Gasteiger partial charge < -0.3 is 10.6 Å². The van der Waals surface area contributed by atoms with E-state index in [1.165, 1.54) is 6.21 Å². The Morgan fingerprint density at radius 1 is 1.00 bits per heavy atom. The van der Waals surface area contributed by atoms with Gasteiger partial charge >= 0.3 is 6.03 Å². The van der Waals surface area contributed by atoms with Gasteiger partial charge in [0, 0.05) is 53.5 Å². The van der Waals surface area contributed by atoms with Gasteiger partial charge in [-0.05, 0) is 48.9 Å². The summed E-state index contributed by atoms with van der Waals surface area (Å²) in [5.41, 5.74) is 7.20. The van der Waals surface area contributed by atoms with E-state index in [0.29, 0.717) is 11.6 Å². The second-order valence-electron chi connectivity index (χ2n) is 6.77. The van der Waals surface area contributed by atoms with E-state index in [2.05, 4.69) is 41.1 Å². The van der Waals surface area contributed by atoms with Gasteiger partial charge in [0.05, 0.1) is 11.9 Å². The molecule has 0 fully saturated rings. The van der Waals surface area contributed by atoms with Crippen molar-refractivity contribution in [3.63, 3.8) is 0 Å². The van der Waals surface area contributed by atoms with E-state index in [1.807, 2.05) is 37.3 Å². The minimum atomic E-state index is -0.463. The van der Waals surface area contributed by atoms with Crippen LogP contribution in [0.1, 0.15) is 11.1 Å². The third kappa shape index (κ3) is 5.48. The molecule has 9 heteroatoms. The van der Waals surface area contributed by atoms with Crippen LogP contribution in [0.4, 0.5) is 22.1 Å². The molecule has 0 atom stereocenters. The van der Waals surface area contributed by atoms with Crippen molar-refractivity contribution >= 4 is 29.6 Å². The quantitative estimate of drug-likeness (QED) is 0.316. The first-order valence-corrected chi connectivity index (χ1v) is 9.78. The number of nitrogens with one attached hydrogen (secondary N) is 3. The molecular formula is C23H20N8O. The lowest BCUT2D eigenvalue weighted by atomic mass is 10.2. The molecule has 4 aromatic rings. The molecule has 1 aromatic carbocycles. The van der Waals surface area contributed by atoms with Gasteiger partial charge in [-0.2, -0.15) is 5.10 Å². The lowest BCUT2D eigenvalue weighted by molar-refractivity contribution is 0.252. The standard InChI is InChI=1S/C23H20N8O/c1-16-6-7-19(28-23(32)31-27-14-17-4-2-9-24-13-17)12-21(16)30-22-26-11-8-20(29-22)18-5-3-10-25-15-18/h2-15H,1H3,(H,26,29,30)(H2,28,31,32)/b27-14+. The maximum absolute atomic E-state index is 12.2. The zero-order chi connectivity index (χ0) is 22.2. The van der Waals surface area contributed by atoms with Crippen LogP contribution in [0.15, 0.2) is 84.6 Å². The highest BCUT2D eigenvalue weighted by Gasteiger charge is 2.07. The summed E-state index contributed by atoms with van der Waals surface area (Å²) in [7, 11) is 0. The van der Waals surface area contributed by atoms with E-state index in [-0.39, 0.29) is 0 Å². The number of hydrogen-bond acceptors (Lipinski definition) is 7. The van der Waals surface area contributed by atoms with Gasteiger partial charge in [-0.25, -0.2) is 20.2 Å². The molecule has 32 heavy (non-hydrogen) atoms. The van der Waals surface area contributed by atoms with Gasteiger partial charge in [0.2, 0.25) is 5.95 Å². The lowest BCUT2D eigenvalue weighted by Gasteiger charge is -2.12. The number of benzene rings is 1. The number of amides is 2. The van der Waals surface area contributed by atoms with Crippen molar-refractivity contribution in [2.75, 3.05) is 10.6 Å². The van der Waals surface area contributed by atoms with E-state index in [4.69, 9.17) is 0 Å². The zero-order valence-electron chi connectivity index (χ0n) is 17.2. The van der Waals surface area contributed by atoms with Gasteiger partial charge in [-0.1, -0.05) is 12.1 Å². The van der Waals surface area contributed by atoms with Crippen LogP contribution in [0.25, 0.3) is 11.3 Å². The van der Waals surface area contributed by atoms with Crippen molar-refractivity contribution in [1.29, 1.82) is 0 Å². The first-order valence-electron chi connectivity index (χ1n) is 9.78. The van der Waals surface area contributed by atoms with Crippen LogP contribution in [0.3, 0.4) is 0 Å². The van der Waals surface area contributed by atoms with Crippen molar-refractivity contribution in [3.05, 3.63) is 90.6 Å². The molecule has 3 aromatic heterocycles. The molecule has 3 heterocycles. The monoisotopic (exact) mass is 424 g/mol. The third-order valence-electron chi connectivity index (χ3n) is 4.42. The second kappa shape index (κ2) is 9.90. The summed E-state index contributed by atoms with van der Waals surface area (Å²) in [6.45, 7) is 1.95. The van der Waals surface area contributed by atoms with Crippen molar-refractivity contribution in [2.24, 2.45) is 5.10 Å². The summed E-state index contributed by atoms with van der Waals surface area (Å²) in [5, 5.41) is 9.88. The fraction of sp³-hybridized carbons (Fsp3) is 0.0435. The number of carbonyl (C=O) groups excluding carboxylic acids is 1. The number of anilines is 3. The van der Waals surface area contributed by atoms with E-state index >= 15 is 0 Å². The fourth-order valence-electron chi connectivity index (χ4n) is 2.83. The number of aryl methyl sites for hydroxylation is 1. The molecule has 4 rings (SSSR count). The molecule has 0 aliphatic heterocycles. The van der Waals surface area contributed by atoms with Crippen molar-refractivity contribution < 1.29 is 4.79 Å². The first-order chi connectivity index (χ1) is 15.7. The van der Waals surface area contributed by atoms with Gasteiger partial charge in [0.15, 0.2) is 0 Å². The van der Waals surface area contributed by atoms with E-state index in [1.54, 1.807) is 49.2 Å². The van der Waals surface area contributed by atoms with Crippen LogP contribution in [0.5, 0.6) is 0 Å². The zero-order valence-corrected chi connectivity index (χ0v) is 17.2. The summed E-state index contributed by atoms with van der Waals surface area (Å²) in [6.07, 6.45) is 9.97. The molecule has 0 saturated carbocycles. The number of pyridine rings is 2. The maximum atomic E-state index is 12.2. The second-order valence-corrected chi connectivity index (χ2v) is 6.77. The highest BCUT2D eigenvalue weighted by molar-refractivity contribution is 5.91. The van der Waals surface area contributed by atoms with Crippen LogP contribution < -0.4 is 16.1 Å².